The Balaban J connectivity index is 1.63. The molecule has 3 heterocycles. The highest BCUT2D eigenvalue weighted by Crippen LogP contribution is 2.45. The molecule has 2 aromatic heterocycles. The number of aromatic nitrogens is 4. The van der Waals surface area contributed by atoms with E-state index in [0.717, 1.165) is 6.20 Å². The Hall–Kier alpha value is -2.65. The summed E-state index contributed by atoms with van der Waals surface area (Å²) in [6.07, 6.45) is -0.157. The second kappa shape index (κ2) is 5.93. The lowest BCUT2D eigenvalue weighted by Crippen LogP contribution is -2.35. The summed E-state index contributed by atoms with van der Waals surface area (Å²) in [6, 6.07) is 0. The van der Waals surface area contributed by atoms with E-state index in [1.165, 1.54) is 4.68 Å². The third-order valence-corrected chi connectivity index (χ3v) is 5.00. The largest absolute Gasteiger partial charge is 0.464 e. The Kier molecular flexibility index (Phi) is 3.90. The van der Waals surface area contributed by atoms with E-state index in [9.17, 15) is 18.0 Å². The summed E-state index contributed by atoms with van der Waals surface area (Å²) < 4.78 is 46.0. The van der Waals surface area contributed by atoms with E-state index in [-0.39, 0.29) is 23.5 Å². The Morgan fingerprint density at radius 1 is 1.37 bits per heavy atom. The number of cyclic esters (lactones) is 1. The molecule has 2 aromatic rings. The zero-order valence-corrected chi connectivity index (χ0v) is 14.8. The lowest BCUT2D eigenvalue weighted by Gasteiger charge is -2.19. The molecule has 1 aliphatic heterocycles. The predicted molar refractivity (Wildman–Crippen MR) is 88.5 cm³/mol. The number of carbonyl (C=O) groups excluding carboxylic acids is 1. The van der Waals surface area contributed by atoms with Gasteiger partial charge in [0.25, 0.3) is 0 Å². The third-order valence-electron chi connectivity index (χ3n) is 5.00. The van der Waals surface area contributed by atoms with Crippen molar-refractivity contribution in [1.82, 2.24) is 19.7 Å². The Morgan fingerprint density at radius 3 is 2.70 bits per heavy atom. The maximum absolute atomic E-state index is 13.2. The molecule has 0 bridgehead atoms. The monoisotopic (exact) mass is 381 g/mol. The molecule has 2 fully saturated rings. The van der Waals surface area contributed by atoms with Crippen LogP contribution in [0.5, 0.6) is 0 Å². The molecule has 1 N–H and O–H groups in total. The smallest absolute Gasteiger partial charge is 0.419 e. The van der Waals surface area contributed by atoms with Crippen molar-refractivity contribution in [3.63, 3.8) is 0 Å². The number of halogens is 3. The van der Waals surface area contributed by atoms with Crippen molar-refractivity contribution in [2.75, 3.05) is 11.9 Å². The first-order chi connectivity index (χ1) is 12.7. The summed E-state index contributed by atoms with van der Waals surface area (Å²) >= 11 is 0. The van der Waals surface area contributed by atoms with Crippen molar-refractivity contribution in [2.45, 2.75) is 50.7 Å². The number of carbonyl (C=O) groups is 1. The number of anilines is 2. The SMILES string of the molecule is Cc1nn([C@@]2(C)CCOC2=O)cc1Nc1ncc(C(F)(F)F)c(C2CC2)n1. The second-order valence-corrected chi connectivity index (χ2v) is 7.12. The topological polar surface area (TPSA) is 81.9 Å². The van der Waals surface area contributed by atoms with Gasteiger partial charge in [-0.25, -0.2) is 14.8 Å². The second-order valence-electron chi connectivity index (χ2n) is 7.12. The van der Waals surface area contributed by atoms with Gasteiger partial charge in [0, 0.05) is 18.5 Å². The molecule has 1 saturated heterocycles. The fourth-order valence-electron chi connectivity index (χ4n) is 3.11. The molecule has 0 radical (unpaired) electrons. The summed E-state index contributed by atoms with van der Waals surface area (Å²) in [6.45, 7) is 3.79. The summed E-state index contributed by atoms with van der Waals surface area (Å²) in [5, 5.41) is 7.28. The number of rotatable bonds is 4. The fourth-order valence-corrected chi connectivity index (χ4v) is 3.11. The molecule has 0 amide bonds. The molecule has 1 atom stereocenters. The van der Waals surface area contributed by atoms with Crippen molar-refractivity contribution in [2.24, 2.45) is 0 Å². The van der Waals surface area contributed by atoms with Crippen LogP contribution in [-0.2, 0) is 21.2 Å². The minimum atomic E-state index is -4.48. The van der Waals surface area contributed by atoms with Crippen LogP contribution in [0.2, 0.25) is 0 Å². The number of ether oxygens (including phenoxy) is 1. The molecule has 1 saturated carbocycles. The van der Waals surface area contributed by atoms with Crippen LogP contribution in [0.15, 0.2) is 12.4 Å². The van der Waals surface area contributed by atoms with Crippen LogP contribution in [0.3, 0.4) is 0 Å². The van der Waals surface area contributed by atoms with Crippen LogP contribution in [0, 0.1) is 6.92 Å². The van der Waals surface area contributed by atoms with E-state index in [0.29, 0.717) is 37.3 Å². The van der Waals surface area contributed by atoms with E-state index < -0.39 is 17.3 Å². The van der Waals surface area contributed by atoms with Crippen LogP contribution in [0.1, 0.15) is 49.1 Å². The molecular formula is C17H18F3N5O2. The molecule has 7 nitrogen and oxygen atoms in total. The number of hydrogen-bond donors (Lipinski definition) is 1. The molecule has 4 rings (SSSR count). The van der Waals surface area contributed by atoms with E-state index in [2.05, 4.69) is 20.4 Å². The highest BCUT2D eigenvalue weighted by molar-refractivity contribution is 5.80. The Labute approximate surface area is 152 Å². The number of alkyl halides is 3. The van der Waals surface area contributed by atoms with Crippen molar-refractivity contribution >= 4 is 17.6 Å². The molecule has 0 unspecified atom stereocenters. The first kappa shape index (κ1) is 17.7. The van der Waals surface area contributed by atoms with E-state index in [1.807, 2.05) is 0 Å². The predicted octanol–water partition coefficient (Wildman–Crippen LogP) is 3.28. The summed E-state index contributed by atoms with van der Waals surface area (Å²) in [4.78, 5) is 19.9. The molecule has 0 spiro atoms. The highest BCUT2D eigenvalue weighted by Gasteiger charge is 2.43. The average Bonchev–Trinajstić information content (AvgIpc) is 3.30. The Bertz CT molecular complexity index is 906. The van der Waals surface area contributed by atoms with Crippen molar-refractivity contribution in [3.8, 4) is 0 Å². The summed E-state index contributed by atoms with van der Waals surface area (Å²) in [5.41, 5.74) is -0.560. The first-order valence-electron chi connectivity index (χ1n) is 8.63. The average molecular weight is 381 g/mol. The maximum Gasteiger partial charge on any atom is 0.419 e. The van der Waals surface area contributed by atoms with Gasteiger partial charge in [0.2, 0.25) is 5.95 Å². The quantitative estimate of drug-likeness (QED) is 0.819. The first-order valence-corrected chi connectivity index (χ1v) is 8.63. The standard InChI is InChI=1S/C17H18F3N5O2/c1-9-12(8-25(24-9)16(2)5-6-27-14(16)26)22-15-21-7-11(17(18,19)20)13(23-15)10-3-4-10/h7-8,10H,3-6H2,1-2H3,(H,21,22,23)/t16-/m0/s1. The van der Waals surface area contributed by atoms with Gasteiger partial charge in [-0.1, -0.05) is 0 Å². The Morgan fingerprint density at radius 2 is 2.11 bits per heavy atom. The minimum absolute atomic E-state index is 0.0244. The molecule has 0 aromatic carbocycles. The number of esters is 1. The highest BCUT2D eigenvalue weighted by atomic mass is 19.4. The van der Waals surface area contributed by atoms with Crippen molar-refractivity contribution in [1.29, 1.82) is 0 Å². The van der Waals surface area contributed by atoms with E-state index in [1.54, 1.807) is 20.0 Å². The normalized spacial score (nSPS) is 22.8. The third kappa shape index (κ3) is 3.13. The van der Waals surface area contributed by atoms with Gasteiger partial charge in [-0.05, 0) is 26.7 Å². The van der Waals surface area contributed by atoms with Gasteiger partial charge in [0.05, 0.1) is 35.4 Å². The molecule has 27 heavy (non-hydrogen) atoms. The zero-order valence-electron chi connectivity index (χ0n) is 14.8. The van der Waals surface area contributed by atoms with Gasteiger partial charge in [-0.2, -0.15) is 18.3 Å². The van der Waals surface area contributed by atoms with Crippen LogP contribution in [0.25, 0.3) is 0 Å². The molecular weight excluding hydrogens is 363 g/mol. The van der Waals surface area contributed by atoms with Gasteiger partial charge in [0.1, 0.15) is 0 Å². The maximum atomic E-state index is 13.2. The van der Waals surface area contributed by atoms with Gasteiger partial charge >= 0.3 is 12.1 Å². The van der Waals surface area contributed by atoms with Gasteiger partial charge in [-0.3, -0.25) is 4.68 Å². The number of nitrogens with one attached hydrogen (secondary N) is 1. The van der Waals surface area contributed by atoms with Crippen molar-refractivity contribution in [3.05, 3.63) is 29.3 Å². The van der Waals surface area contributed by atoms with Gasteiger partial charge in [-0.15, -0.1) is 0 Å². The van der Waals surface area contributed by atoms with Crippen LogP contribution in [0.4, 0.5) is 24.8 Å². The lowest BCUT2D eigenvalue weighted by molar-refractivity contribution is -0.145. The zero-order chi connectivity index (χ0) is 19.4. The number of hydrogen-bond acceptors (Lipinski definition) is 6. The van der Waals surface area contributed by atoms with E-state index in [4.69, 9.17) is 4.74 Å². The molecule has 10 heteroatoms. The molecule has 1 aliphatic carbocycles. The summed E-state index contributed by atoms with van der Waals surface area (Å²) in [7, 11) is 0. The fraction of sp³-hybridized carbons (Fsp3) is 0.529. The van der Waals surface area contributed by atoms with Gasteiger partial charge in [0.15, 0.2) is 5.54 Å². The van der Waals surface area contributed by atoms with Gasteiger partial charge < -0.3 is 10.1 Å². The van der Waals surface area contributed by atoms with E-state index >= 15 is 0 Å². The van der Waals surface area contributed by atoms with Crippen LogP contribution < -0.4 is 5.32 Å². The lowest BCUT2D eigenvalue weighted by atomic mass is 10.0. The van der Waals surface area contributed by atoms with Crippen LogP contribution in [-0.4, -0.2) is 32.3 Å². The number of aryl methyl sites for hydroxylation is 1. The van der Waals surface area contributed by atoms with Crippen molar-refractivity contribution < 1.29 is 22.7 Å². The molecule has 144 valence electrons. The molecule has 2 aliphatic rings. The minimum Gasteiger partial charge on any atom is -0.464 e. The van der Waals surface area contributed by atoms with Crippen LogP contribution >= 0.6 is 0 Å². The summed E-state index contributed by atoms with van der Waals surface area (Å²) in [5.74, 6) is -0.466. The number of nitrogens with zero attached hydrogens (tertiary/aromatic N) is 4.